The van der Waals surface area contributed by atoms with Gasteiger partial charge in [0.1, 0.15) is 0 Å². The molecule has 7 nitrogen and oxygen atoms in total. The summed E-state index contributed by atoms with van der Waals surface area (Å²) >= 11 is 0. The van der Waals surface area contributed by atoms with Gasteiger partial charge in [0.2, 0.25) is 17.7 Å². The number of nitrogens with zero attached hydrogens (tertiary/aromatic N) is 2. The fraction of sp³-hybridized carbons (Fsp3) is 0.833. The highest BCUT2D eigenvalue weighted by molar-refractivity contribution is 5.88. The van der Waals surface area contributed by atoms with Crippen LogP contribution in [0.2, 0.25) is 0 Å². The molecule has 2 heterocycles. The molecule has 0 spiro atoms. The zero-order valence-electron chi connectivity index (χ0n) is 15.7. The fourth-order valence-electron chi connectivity index (χ4n) is 3.54. The van der Waals surface area contributed by atoms with Crippen LogP contribution in [0.4, 0.5) is 0 Å². The van der Waals surface area contributed by atoms with Crippen molar-refractivity contribution in [2.75, 3.05) is 39.3 Å². The number of hydrogen-bond acceptors (Lipinski definition) is 4. The zero-order valence-corrected chi connectivity index (χ0v) is 15.7. The van der Waals surface area contributed by atoms with Crippen molar-refractivity contribution in [3.05, 3.63) is 0 Å². The normalized spacial score (nSPS) is 22.4. The molecular formula is C18H32N4O3. The molecule has 0 aromatic rings. The van der Waals surface area contributed by atoms with Crippen LogP contribution in [-0.2, 0) is 14.4 Å². The van der Waals surface area contributed by atoms with Crippen molar-refractivity contribution in [3.8, 4) is 0 Å². The molecule has 0 saturated carbocycles. The SMILES string of the molecule is CC(=O)NCC1CCN(C(=O)CN2CCNC(CC(C)C)C2=O)CC1. The van der Waals surface area contributed by atoms with Crippen LogP contribution < -0.4 is 10.6 Å². The maximum absolute atomic E-state index is 12.6. The molecule has 2 N–H and O–H groups in total. The molecule has 0 aromatic carbocycles. The van der Waals surface area contributed by atoms with Gasteiger partial charge in [0.05, 0.1) is 12.6 Å². The second-order valence-corrected chi connectivity index (χ2v) is 7.66. The molecule has 1 atom stereocenters. The van der Waals surface area contributed by atoms with E-state index in [4.69, 9.17) is 0 Å². The van der Waals surface area contributed by atoms with Crippen LogP contribution in [0.1, 0.15) is 40.0 Å². The molecule has 1 unspecified atom stereocenters. The van der Waals surface area contributed by atoms with Gasteiger partial charge in [-0.3, -0.25) is 14.4 Å². The molecular weight excluding hydrogens is 320 g/mol. The first kappa shape index (κ1) is 19.7. The summed E-state index contributed by atoms with van der Waals surface area (Å²) in [5, 5.41) is 6.11. The van der Waals surface area contributed by atoms with Gasteiger partial charge in [-0.15, -0.1) is 0 Å². The minimum absolute atomic E-state index is 0.00771. The average molecular weight is 352 g/mol. The van der Waals surface area contributed by atoms with E-state index >= 15 is 0 Å². The van der Waals surface area contributed by atoms with Gasteiger partial charge in [-0.2, -0.15) is 0 Å². The number of hydrogen-bond donors (Lipinski definition) is 2. The summed E-state index contributed by atoms with van der Waals surface area (Å²) in [7, 11) is 0. The molecule has 142 valence electrons. The Morgan fingerprint density at radius 3 is 2.52 bits per heavy atom. The molecule has 0 bridgehead atoms. The predicted octanol–water partition coefficient (Wildman–Crippen LogP) is 0.208. The molecule has 3 amide bonds. The van der Waals surface area contributed by atoms with Crippen molar-refractivity contribution in [1.82, 2.24) is 20.4 Å². The summed E-state index contributed by atoms with van der Waals surface area (Å²) in [6, 6.07) is -0.162. The monoisotopic (exact) mass is 352 g/mol. The number of rotatable bonds is 6. The number of piperazine rings is 1. The van der Waals surface area contributed by atoms with E-state index in [1.54, 1.807) is 4.90 Å². The van der Waals surface area contributed by atoms with Crippen molar-refractivity contribution < 1.29 is 14.4 Å². The van der Waals surface area contributed by atoms with Gasteiger partial charge in [0, 0.05) is 39.6 Å². The number of amides is 3. The third kappa shape index (κ3) is 5.99. The first-order valence-electron chi connectivity index (χ1n) is 9.41. The smallest absolute Gasteiger partial charge is 0.242 e. The van der Waals surface area contributed by atoms with Gasteiger partial charge in [0.15, 0.2) is 0 Å². The van der Waals surface area contributed by atoms with Gasteiger partial charge in [-0.05, 0) is 31.1 Å². The van der Waals surface area contributed by atoms with E-state index < -0.39 is 0 Å². The number of piperidine rings is 1. The van der Waals surface area contributed by atoms with Crippen LogP contribution >= 0.6 is 0 Å². The molecule has 0 aromatic heterocycles. The van der Waals surface area contributed by atoms with Crippen molar-refractivity contribution in [1.29, 1.82) is 0 Å². The highest BCUT2D eigenvalue weighted by Crippen LogP contribution is 2.17. The van der Waals surface area contributed by atoms with Gasteiger partial charge in [0.25, 0.3) is 0 Å². The molecule has 25 heavy (non-hydrogen) atoms. The third-order valence-electron chi connectivity index (χ3n) is 5.02. The minimum Gasteiger partial charge on any atom is -0.356 e. The molecule has 2 saturated heterocycles. The Bertz CT molecular complexity index is 487. The Morgan fingerprint density at radius 2 is 1.92 bits per heavy atom. The molecule has 2 aliphatic rings. The molecule has 2 aliphatic heterocycles. The van der Waals surface area contributed by atoms with E-state index in [1.165, 1.54) is 6.92 Å². The topological polar surface area (TPSA) is 81.8 Å². The van der Waals surface area contributed by atoms with Gasteiger partial charge >= 0.3 is 0 Å². The van der Waals surface area contributed by atoms with Gasteiger partial charge < -0.3 is 20.4 Å². The molecule has 2 fully saturated rings. The summed E-state index contributed by atoms with van der Waals surface area (Å²) in [6.45, 7) is 9.35. The minimum atomic E-state index is -0.162. The van der Waals surface area contributed by atoms with Gasteiger partial charge in [-0.1, -0.05) is 13.8 Å². The summed E-state index contributed by atoms with van der Waals surface area (Å²) in [6.07, 6.45) is 2.60. The molecule has 0 radical (unpaired) electrons. The molecule has 0 aliphatic carbocycles. The first-order valence-corrected chi connectivity index (χ1v) is 9.41. The Kier molecular flexibility index (Phi) is 7.23. The summed E-state index contributed by atoms with van der Waals surface area (Å²) in [4.78, 5) is 39.6. The summed E-state index contributed by atoms with van der Waals surface area (Å²) in [5.74, 6) is 0.959. The van der Waals surface area contributed by atoms with Crippen molar-refractivity contribution in [3.63, 3.8) is 0 Å². The standard InChI is InChI=1S/C18H32N4O3/c1-13(2)10-16-18(25)22(9-6-19-16)12-17(24)21-7-4-15(5-8-21)11-20-14(3)23/h13,15-16,19H,4-12H2,1-3H3,(H,20,23). The second kappa shape index (κ2) is 9.17. The highest BCUT2D eigenvalue weighted by atomic mass is 16.2. The van der Waals surface area contributed by atoms with Crippen LogP contribution in [0.5, 0.6) is 0 Å². The van der Waals surface area contributed by atoms with E-state index in [9.17, 15) is 14.4 Å². The number of carbonyl (C=O) groups excluding carboxylic acids is 3. The van der Waals surface area contributed by atoms with Crippen molar-refractivity contribution >= 4 is 17.7 Å². The highest BCUT2D eigenvalue weighted by Gasteiger charge is 2.31. The lowest BCUT2D eigenvalue weighted by Crippen LogP contribution is -2.57. The van der Waals surface area contributed by atoms with E-state index in [-0.39, 0.29) is 30.3 Å². The maximum atomic E-state index is 12.6. The molecule has 7 heteroatoms. The van der Waals surface area contributed by atoms with Crippen LogP contribution in [0, 0.1) is 11.8 Å². The van der Waals surface area contributed by atoms with Crippen molar-refractivity contribution in [2.24, 2.45) is 11.8 Å². The number of likely N-dealkylation sites (tertiary alicyclic amines) is 1. The van der Waals surface area contributed by atoms with Crippen LogP contribution in [-0.4, -0.2) is 72.8 Å². The van der Waals surface area contributed by atoms with Crippen LogP contribution in [0.15, 0.2) is 0 Å². The second-order valence-electron chi connectivity index (χ2n) is 7.66. The van der Waals surface area contributed by atoms with E-state index in [2.05, 4.69) is 24.5 Å². The fourth-order valence-corrected chi connectivity index (χ4v) is 3.54. The Hall–Kier alpha value is -1.63. The Labute approximate surface area is 150 Å². The number of carbonyl (C=O) groups is 3. The Balaban J connectivity index is 1.78. The van der Waals surface area contributed by atoms with Crippen molar-refractivity contribution in [2.45, 2.75) is 46.1 Å². The summed E-state index contributed by atoms with van der Waals surface area (Å²) in [5.41, 5.74) is 0. The number of nitrogens with one attached hydrogen (secondary N) is 2. The quantitative estimate of drug-likeness (QED) is 0.716. The van der Waals surface area contributed by atoms with E-state index in [1.807, 2.05) is 4.90 Å². The van der Waals surface area contributed by atoms with E-state index in [0.29, 0.717) is 38.0 Å². The van der Waals surface area contributed by atoms with Gasteiger partial charge in [-0.25, -0.2) is 0 Å². The predicted molar refractivity (Wildman–Crippen MR) is 95.8 cm³/mol. The zero-order chi connectivity index (χ0) is 18.4. The van der Waals surface area contributed by atoms with Crippen LogP contribution in [0.3, 0.4) is 0 Å². The maximum Gasteiger partial charge on any atom is 0.242 e. The summed E-state index contributed by atoms with van der Waals surface area (Å²) < 4.78 is 0. The largest absolute Gasteiger partial charge is 0.356 e. The third-order valence-corrected chi connectivity index (χ3v) is 5.02. The lowest BCUT2D eigenvalue weighted by Gasteiger charge is -2.36. The van der Waals surface area contributed by atoms with E-state index in [0.717, 1.165) is 25.8 Å². The lowest BCUT2D eigenvalue weighted by molar-refractivity contribution is -0.144. The lowest BCUT2D eigenvalue weighted by atomic mass is 9.96. The Morgan fingerprint density at radius 1 is 1.24 bits per heavy atom. The van der Waals surface area contributed by atoms with Crippen LogP contribution in [0.25, 0.3) is 0 Å². The average Bonchev–Trinajstić information content (AvgIpc) is 2.56. The molecule has 2 rings (SSSR count). The first-order chi connectivity index (χ1) is 11.9.